The van der Waals surface area contributed by atoms with E-state index < -0.39 is 6.04 Å². The van der Waals surface area contributed by atoms with Gasteiger partial charge in [0.1, 0.15) is 6.04 Å². The molecule has 6 heteroatoms. The van der Waals surface area contributed by atoms with Crippen molar-refractivity contribution in [3.8, 4) is 0 Å². The molecule has 0 spiro atoms. The quantitative estimate of drug-likeness (QED) is 0.489. The molecule has 0 aliphatic carbocycles. The fourth-order valence-corrected chi connectivity index (χ4v) is 4.51. The van der Waals surface area contributed by atoms with Crippen LogP contribution in [0.4, 0.5) is 11.4 Å². The van der Waals surface area contributed by atoms with Crippen LogP contribution < -0.4 is 15.5 Å². The predicted molar refractivity (Wildman–Crippen MR) is 130 cm³/mol. The Morgan fingerprint density at radius 2 is 1.88 bits per heavy atom. The van der Waals surface area contributed by atoms with Crippen molar-refractivity contribution in [3.05, 3.63) is 59.8 Å². The summed E-state index contributed by atoms with van der Waals surface area (Å²) in [5, 5.41) is 7.02. The molecule has 3 N–H and O–H groups in total. The Balaban J connectivity index is 1.42. The fraction of sp³-hybridized carbons (Fsp3) is 0.385. The highest BCUT2D eigenvalue weighted by molar-refractivity contribution is 5.98. The number of H-pyrrole nitrogens is 1. The SMILES string of the molecule is CCCC(NC(=O)Cc1c(C)[nH]c2ccccc12)C(=O)Nc1cccc(N2CCCC2)c1. The Labute approximate surface area is 189 Å². The molecule has 168 valence electrons. The molecular formula is C26H32N4O2. The van der Waals surface area contributed by atoms with E-state index in [1.165, 1.54) is 12.8 Å². The molecule has 1 fully saturated rings. The molecule has 2 amide bonds. The summed E-state index contributed by atoms with van der Waals surface area (Å²) in [6.45, 7) is 6.11. The van der Waals surface area contributed by atoms with E-state index in [2.05, 4.69) is 26.6 Å². The molecule has 0 radical (unpaired) electrons. The van der Waals surface area contributed by atoms with E-state index >= 15 is 0 Å². The van der Waals surface area contributed by atoms with Crippen LogP contribution in [0.25, 0.3) is 10.9 Å². The van der Waals surface area contributed by atoms with Crippen LogP contribution in [0.2, 0.25) is 0 Å². The van der Waals surface area contributed by atoms with Crippen molar-refractivity contribution in [3.63, 3.8) is 0 Å². The zero-order valence-electron chi connectivity index (χ0n) is 18.9. The van der Waals surface area contributed by atoms with Gasteiger partial charge in [0.15, 0.2) is 0 Å². The number of hydrogen-bond acceptors (Lipinski definition) is 3. The number of hydrogen-bond donors (Lipinski definition) is 3. The first-order valence-corrected chi connectivity index (χ1v) is 11.6. The monoisotopic (exact) mass is 432 g/mol. The van der Waals surface area contributed by atoms with E-state index in [1.807, 2.05) is 56.3 Å². The Morgan fingerprint density at radius 3 is 2.66 bits per heavy atom. The third-order valence-corrected chi connectivity index (χ3v) is 6.18. The Hall–Kier alpha value is -3.28. The van der Waals surface area contributed by atoms with Gasteiger partial charge in [-0.05, 0) is 56.0 Å². The summed E-state index contributed by atoms with van der Waals surface area (Å²) < 4.78 is 0. The van der Waals surface area contributed by atoms with Crippen LogP contribution in [0.3, 0.4) is 0 Å². The van der Waals surface area contributed by atoms with Gasteiger partial charge in [-0.15, -0.1) is 0 Å². The molecule has 1 aliphatic rings. The largest absolute Gasteiger partial charge is 0.371 e. The highest BCUT2D eigenvalue weighted by atomic mass is 16.2. The van der Waals surface area contributed by atoms with Crippen LogP contribution >= 0.6 is 0 Å². The highest BCUT2D eigenvalue weighted by Gasteiger charge is 2.22. The van der Waals surface area contributed by atoms with E-state index in [4.69, 9.17) is 0 Å². The average Bonchev–Trinajstić information content (AvgIpc) is 3.42. The minimum absolute atomic E-state index is 0.141. The van der Waals surface area contributed by atoms with Crippen molar-refractivity contribution >= 4 is 34.1 Å². The molecule has 0 saturated carbocycles. The van der Waals surface area contributed by atoms with Gasteiger partial charge < -0.3 is 20.5 Å². The van der Waals surface area contributed by atoms with E-state index in [0.29, 0.717) is 6.42 Å². The third-order valence-electron chi connectivity index (χ3n) is 6.18. The van der Waals surface area contributed by atoms with Crippen molar-refractivity contribution in [1.29, 1.82) is 0 Å². The lowest BCUT2D eigenvalue weighted by Crippen LogP contribution is -2.44. The van der Waals surface area contributed by atoms with E-state index in [-0.39, 0.29) is 18.2 Å². The molecule has 2 aromatic carbocycles. The number of anilines is 2. The number of nitrogens with one attached hydrogen (secondary N) is 3. The van der Waals surface area contributed by atoms with Crippen molar-refractivity contribution < 1.29 is 9.59 Å². The van der Waals surface area contributed by atoms with Crippen LogP contribution in [0.1, 0.15) is 43.9 Å². The first-order valence-electron chi connectivity index (χ1n) is 11.6. The van der Waals surface area contributed by atoms with Crippen molar-refractivity contribution in [2.75, 3.05) is 23.3 Å². The van der Waals surface area contributed by atoms with Crippen LogP contribution in [-0.4, -0.2) is 35.9 Å². The van der Waals surface area contributed by atoms with Gasteiger partial charge in [0.2, 0.25) is 11.8 Å². The molecule has 1 unspecified atom stereocenters. The number of fused-ring (bicyclic) bond motifs is 1. The molecule has 4 rings (SSSR count). The first-order chi connectivity index (χ1) is 15.5. The van der Waals surface area contributed by atoms with Gasteiger partial charge in [-0.2, -0.15) is 0 Å². The number of aromatic nitrogens is 1. The van der Waals surface area contributed by atoms with Crippen LogP contribution in [0, 0.1) is 6.92 Å². The Kier molecular flexibility index (Phi) is 6.78. The molecule has 0 bridgehead atoms. The Morgan fingerprint density at radius 1 is 1.09 bits per heavy atom. The lowest BCUT2D eigenvalue weighted by Gasteiger charge is -2.20. The molecule has 32 heavy (non-hydrogen) atoms. The summed E-state index contributed by atoms with van der Waals surface area (Å²) in [7, 11) is 0. The maximum atomic E-state index is 13.0. The molecule has 1 atom stereocenters. The van der Waals surface area contributed by atoms with E-state index in [1.54, 1.807) is 0 Å². The number of para-hydroxylation sites is 1. The predicted octanol–water partition coefficient (Wildman–Crippen LogP) is 4.54. The van der Waals surface area contributed by atoms with Gasteiger partial charge in [0, 0.05) is 41.1 Å². The smallest absolute Gasteiger partial charge is 0.246 e. The van der Waals surface area contributed by atoms with E-state index in [9.17, 15) is 9.59 Å². The van der Waals surface area contributed by atoms with Gasteiger partial charge in [-0.25, -0.2) is 0 Å². The second kappa shape index (κ2) is 9.90. The Bertz CT molecular complexity index is 1100. The molecule has 1 saturated heterocycles. The number of nitrogens with zero attached hydrogens (tertiary/aromatic N) is 1. The maximum Gasteiger partial charge on any atom is 0.246 e. The standard InChI is InChI=1S/C26H32N4O2/c1-3-9-24(26(32)28-19-10-8-11-20(16-19)30-14-6-7-15-30)29-25(31)17-22-18(2)27-23-13-5-4-12-21(22)23/h4-5,8,10-13,16,24,27H,3,6-7,9,14-15,17H2,1-2H3,(H,28,32)(H,29,31). The van der Waals surface area contributed by atoms with Gasteiger partial charge in [0.05, 0.1) is 6.42 Å². The number of rotatable bonds is 8. The lowest BCUT2D eigenvalue weighted by atomic mass is 10.1. The topological polar surface area (TPSA) is 77.2 Å². The van der Waals surface area contributed by atoms with Crippen molar-refractivity contribution in [1.82, 2.24) is 10.3 Å². The van der Waals surface area contributed by atoms with Crippen molar-refractivity contribution in [2.45, 2.75) is 52.0 Å². The molecule has 3 aromatic rings. The number of aromatic amines is 1. The van der Waals surface area contributed by atoms with Crippen LogP contribution in [-0.2, 0) is 16.0 Å². The minimum atomic E-state index is -0.562. The molecule has 1 aromatic heterocycles. The minimum Gasteiger partial charge on any atom is -0.371 e. The second-order valence-electron chi connectivity index (χ2n) is 8.59. The summed E-state index contributed by atoms with van der Waals surface area (Å²) >= 11 is 0. The maximum absolute atomic E-state index is 13.0. The van der Waals surface area contributed by atoms with Gasteiger partial charge in [0.25, 0.3) is 0 Å². The number of benzene rings is 2. The summed E-state index contributed by atoms with van der Waals surface area (Å²) in [5.41, 5.74) is 4.88. The number of amides is 2. The molecule has 1 aliphatic heterocycles. The second-order valence-corrected chi connectivity index (χ2v) is 8.59. The molecular weight excluding hydrogens is 400 g/mol. The normalized spacial score (nSPS) is 14.5. The number of carbonyl (C=O) groups excluding carboxylic acids is 2. The van der Waals surface area contributed by atoms with Crippen LogP contribution in [0.5, 0.6) is 0 Å². The fourth-order valence-electron chi connectivity index (χ4n) is 4.51. The average molecular weight is 433 g/mol. The summed E-state index contributed by atoms with van der Waals surface area (Å²) in [4.78, 5) is 31.5. The number of aryl methyl sites for hydroxylation is 1. The van der Waals surface area contributed by atoms with E-state index in [0.717, 1.165) is 53.0 Å². The zero-order valence-corrected chi connectivity index (χ0v) is 18.9. The summed E-state index contributed by atoms with van der Waals surface area (Å²) in [6.07, 6.45) is 4.05. The lowest BCUT2D eigenvalue weighted by molar-refractivity contribution is -0.126. The zero-order chi connectivity index (χ0) is 22.5. The third kappa shape index (κ3) is 4.96. The molecule has 6 nitrogen and oxygen atoms in total. The highest BCUT2D eigenvalue weighted by Crippen LogP contribution is 2.24. The van der Waals surface area contributed by atoms with Gasteiger partial charge in [-0.1, -0.05) is 37.6 Å². The summed E-state index contributed by atoms with van der Waals surface area (Å²) in [6, 6.07) is 15.4. The van der Waals surface area contributed by atoms with Gasteiger partial charge >= 0.3 is 0 Å². The first kappa shape index (κ1) is 21.9. The molecule has 2 heterocycles. The summed E-state index contributed by atoms with van der Waals surface area (Å²) in [5.74, 6) is -0.313. The van der Waals surface area contributed by atoms with Crippen molar-refractivity contribution in [2.24, 2.45) is 0 Å². The van der Waals surface area contributed by atoms with Gasteiger partial charge in [-0.3, -0.25) is 9.59 Å². The van der Waals surface area contributed by atoms with Crippen LogP contribution in [0.15, 0.2) is 48.5 Å². The number of carbonyl (C=O) groups is 2.